The lowest BCUT2D eigenvalue weighted by Crippen LogP contribution is -2.31. The first kappa shape index (κ1) is 15.3. The van der Waals surface area contributed by atoms with Crippen molar-refractivity contribution in [2.75, 3.05) is 6.61 Å². The van der Waals surface area contributed by atoms with Gasteiger partial charge < -0.3 is 10.5 Å². The minimum atomic E-state index is -0.263. The minimum Gasteiger partial charge on any atom is -0.492 e. The third kappa shape index (κ3) is 4.50. The maximum Gasteiger partial charge on any atom is 0.133 e. The van der Waals surface area contributed by atoms with E-state index < -0.39 is 0 Å². The molecular formula is C13H18BrClN2O. The van der Waals surface area contributed by atoms with Gasteiger partial charge in [0.25, 0.3) is 0 Å². The van der Waals surface area contributed by atoms with Crippen LogP contribution >= 0.6 is 27.5 Å². The van der Waals surface area contributed by atoms with E-state index >= 15 is 0 Å². The summed E-state index contributed by atoms with van der Waals surface area (Å²) in [6.07, 6.45) is 1.68. The first-order valence-electron chi connectivity index (χ1n) is 5.75. The number of nitrogens with two attached hydrogens (primary N) is 1. The summed E-state index contributed by atoms with van der Waals surface area (Å²) >= 11 is 9.25. The summed E-state index contributed by atoms with van der Waals surface area (Å²) in [6, 6.07) is 5.43. The number of ether oxygens (including phenoxy) is 1. The molecule has 1 rings (SSSR count). The SMILES string of the molecule is CC(C)(CCCOc1ccc(Cl)cc1Br)C(=N)N. The van der Waals surface area contributed by atoms with Gasteiger partial charge in [-0.15, -0.1) is 0 Å². The van der Waals surface area contributed by atoms with Gasteiger partial charge in [-0.3, -0.25) is 5.41 Å². The topological polar surface area (TPSA) is 59.1 Å². The molecule has 0 aromatic heterocycles. The minimum absolute atomic E-state index is 0.218. The molecule has 0 aliphatic heterocycles. The Morgan fingerprint density at radius 3 is 2.72 bits per heavy atom. The van der Waals surface area contributed by atoms with Crippen LogP contribution < -0.4 is 10.5 Å². The summed E-state index contributed by atoms with van der Waals surface area (Å²) in [5, 5.41) is 8.14. The Morgan fingerprint density at radius 1 is 1.50 bits per heavy atom. The van der Waals surface area contributed by atoms with Gasteiger partial charge in [0.1, 0.15) is 5.75 Å². The van der Waals surface area contributed by atoms with Crippen molar-refractivity contribution in [3.63, 3.8) is 0 Å². The number of amidine groups is 1. The summed E-state index contributed by atoms with van der Waals surface area (Å²) in [7, 11) is 0. The van der Waals surface area contributed by atoms with Crippen molar-refractivity contribution in [1.29, 1.82) is 5.41 Å². The zero-order valence-electron chi connectivity index (χ0n) is 10.6. The molecule has 3 N–H and O–H groups in total. The van der Waals surface area contributed by atoms with Gasteiger partial charge in [0, 0.05) is 10.4 Å². The van der Waals surface area contributed by atoms with Crippen LogP contribution in [-0.2, 0) is 0 Å². The van der Waals surface area contributed by atoms with E-state index in [0.29, 0.717) is 11.6 Å². The highest BCUT2D eigenvalue weighted by molar-refractivity contribution is 9.10. The molecule has 0 aliphatic carbocycles. The molecule has 18 heavy (non-hydrogen) atoms. The zero-order valence-corrected chi connectivity index (χ0v) is 12.9. The molecule has 0 saturated heterocycles. The summed E-state index contributed by atoms with van der Waals surface area (Å²) in [5.74, 6) is 0.996. The van der Waals surface area contributed by atoms with Crippen molar-refractivity contribution < 1.29 is 4.74 Å². The van der Waals surface area contributed by atoms with Crippen LogP contribution in [0.3, 0.4) is 0 Å². The predicted octanol–water partition coefficient (Wildman–Crippen LogP) is 4.22. The van der Waals surface area contributed by atoms with Crippen LogP contribution in [0, 0.1) is 10.8 Å². The lowest BCUT2D eigenvalue weighted by molar-refractivity contribution is 0.285. The van der Waals surface area contributed by atoms with Gasteiger partial charge in [0.05, 0.1) is 16.9 Å². The highest BCUT2D eigenvalue weighted by Crippen LogP contribution is 2.28. The van der Waals surface area contributed by atoms with E-state index in [4.69, 9.17) is 27.5 Å². The van der Waals surface area contributed by atoms with Crippen LogP contribution in [0.5, 0.6) is 5.75 Å². The molecule has 100 valence electrons. The van der Waals surface area contributed by atoms with Crippen LogP contribution in [0.1, 0.15) is 26.7 Å². The Balaban J connectivity index is 2.41. The zero-order chi connectivity index (χ0) is 13.8. The molecule has 0 spiro atoms. The maximum absolute atomic E-state index is 7.47. The van der Waals surface area contributed by atoms with Crippen molar-refractivity contribution in [1.82, 2.24) is 0 Å². The van der Waals surface area contributed by atoms with Gasteiger partial charge in [-0.2, -0.15) is 0 Å². The molecule has 0 amide bonds. The fourth-order valence-electron chi connectivity index (χ4n) is 1.42. The summed E-state index contributed by atoms with van der Waals surface area (Å²) < 4.78 is 6.50. The van der Waals surface area contributed by atoms with E-state index in [1.54, 1.807) is 12.1 Å². The second kappa shape index (κ2) is 6.43. The first-order valence-corrected chi connectivity index (χ1v) is 6.92. The van der Waals surface area contributed by atoms with E-state index in [9.17, 15) is 0 Å². The summed E-state index contributed by atoms with van der Waals surface area (Å²) in [4.78, 5) is 0. The molecule has 0 heterocycles. The number of rotatable bonds is 6. The van der Waals surface area contributed by atoms with Crippen LogP contribution in [0.4, 0.5) is 0 Å². The van der Waals surface area contributed by atoms with E-state index in [-0.39, 0.29) is 11.3 Å². The number of hydrogen-bond acceptors (Lipinski definition) is 2. The quantitative estimate of drug-likeness (QED) is 0.465. The second-order valence-electron chi connectivity index (χ2n) is 4.82. The summed E-state index contributed by atoms with van der Waals surface area (Å²) in [6.45, 7) is 4.53. The Hall–Kier alpha value is -0.740. The van der Waals surface area contributed by atoms with Crippen molar-refractivity contribution in [2.24, 2.45) is 11.1 Å². The van der Waals surface area contributed by atoms with Crippen molar-refractivity contribution in [3.8, 4) is 5.75 Å². The third-order valence-corrected chi connectivity index (χ3v) is 3.68. The van der Waals surface area contributed by atoms with Gasteiger partial charge in [0.2, 0.25) is 0 Å². The number of benzene rings is 1. The van der Waals surface area contributed by atoms with E-state index in [1.807, 2.05) is 19.9 Å². The molecule has 0 unspecified atom stereocenters. The largest absolute Gasteiger partial charge is 0.492 e. The van der Waals surface area contributed by atoms with Crippen LogP contribution in [-0.4, -0.2) is 12.4 Å². The molecule has 0 saturated carbocycles. The normalized spacial score (nSPS) is 11.3. The van der Waals surface area contributed by atoms with Crippen LogP contribution in [0.25, 0.3) is 0 Å². The fraction of sp³-hybridized carbons (Fsp3) is 0.462. The second-order valence-corrected chi connectivity index (χ2v) is 6.12. The Bertz CT molecular complexity index is 435. The van der Waals surface area contributed by atoms with Crippen LogP contribution in [0.2, 0.25) is 5.02 Å². The lowest BCUT2D eigenvalue weighted by Gasteiger charge is -2.22. The van der Waals surface area contributed by atoms with Crippen LogP contribution in [0.15, 0.2) is 22.7 Å². The average molecular weight is 334 g/mol. The van der Waals surface area contributed by atoms with E-state index in [2.05, 4.69) is 15.9 Å². The van der Waals surface area contributed by atoms with Gasteiger partial charge >= 0.3 is 0 Å². The molecule has 0 atom stereocenters. The standard InChI is InChI=1S/C13H18BrClN2O/c1-13(2,12(16)17)6-3-7-18-11-5-4-9(15)8-10(11)14/h4-5,8H,3,6-7H2,1-2H3,(H3,16,17). The molecule has 0 radical (unpaired) electrons. The molecule has 3 nitrogen and oxygen atoms in total. The van der Waals surface area contributed by atoms with Gasteiger partial charge in [-0.25, -0.2) is 0 Å². The maximum atomic E-state index is 7.47. The number of hydrogen-bond donors (Lipinski definition) is 2. The first-order chi connectivity index (χ1) is 8.33. The molecule has 1 aromatic carbocycles. The van der Waals surface area contributed by atoms with E-state index in [0.717, 1.165) is 23.1 Å². The molecule has 5 heteroatoms. The van der Waals surface area contributed by atoms with Crippen molar-refractivity contribution >= 4 is 33.4 Å². The molecule has 1 aromatic rings. The molecule has 0 aliphatic rings. The van der Waals surface area contributed by atoms with Gasteiger partial charge in [-0.05, 0) is 47.0 Å². The number of halogens is 2. The Labute approximate surface area is 121 Å². The Kier molecular flexibility index (Phi) is 5.47. The highest BCUT2D eigenvalue weighted by atomic mass is 79.9. The van der Waals surface area contributed by atoms with E-state index in [1.165, 1.54) is 0 Å². The predicted molar refractivity (Wildman–Crippen MR) is 79.6 cm³/mol. The molecule has 0 bridgehead atoms. The monoisotopic (exact) mass is 332 g/mol. The number of nitrogens with one attached hydrogen (secondary N) is 1. The fourth-order valence-corrected chi connectivity index (χ4v) is 2.22. The highest BCUT2D eigenvalue weighted by Gasteiger charge is 2.20. The molecular weight excluding hydrogens is 316 g/mol. The van der Waals surface area contributed by atoms with Gasteiger partial charge in [-0.1, -0.05) is 25.4 Å². The lowest BCUT2D eigenvalue weighted by atomic mass is 9.87. The van der Waals surface area contributed by atoms with Crippen molar-refractivity contribution in [2.45, 2.75) is 26.7 Å². The van der Waals surface area contributed by atoms with Crippen molar-refractivity contribution in [3.05, 3.63) is 27.7 Å². The average Bonchev–Trinajstić information content (AvgIpc) is 2.26. The smallest absolute Gasteiger partial charge is 0.133 e. The summed E-state index contributed by atoms with van der Waals surface area (Å²) in [5.41, 5.74) is 5.26. The third-order valence-electron chi connectivity index (χ3n) is 2.83. The van der Waals surface area contributed by atoms with Gasteiger partial charge in [0.15, 0.2) is 0 Å². The Morgan fingerprint density at radius 2 is 2.17 bits per heavy atom. The molecule has 0 fully saturated rings.